The van der Waals surface area contributed by atoms with Gasteiger partial charge in [-0.2, -0.15) is 0 Å². The maximum atomic E-state index is 6.54. The van der Waals surface area contributed by atoms with E-state index in [0.29, 0.717) is 19.1 Å². The van der Waals surface area contributed by atoms with Crippen molar-refractivity contribution < 1.29 is 14.2 Å². The summed E-state index contributed by atoms with van der Waals surface area (Å²) >= 11 is 0. The fourth-order valence-electron chi connectivity index (χ4n) is 5.13. The Bertz CT molecular complexity index is 1440. The summed E-state index contributed by atoms with van der Waals surface area (Å²) in [6.07, 6.45) is 0.638. The van der Waals surface area contributed by atoms with Crippen molar-refractivity contribution in [1.82, 2.24) is 0 Å². The van der Waals surface area contributed by atoms with Crippen LogP contribution in [0.5, 0.6) is 11.5 Å². The topological polar surface area (TPSA) is 27.7 Å². The Morgan fingerprint density at radius 1 is 0.548 bits per heavy atom. The molecule has 3 unspecified atom stereocenters. The molecule has 0 fully saturated rings. The Morgan fingerprint density at radius 2 is 1.10 bits per heavy atom. The van der Waals surface area contributed by atoms with E-state index < -0.39 is 6.29 Å². The quantitative estimate of drug-likeness (QED) is 0.107. The molecule has 0 spiro atoms. The van der Waals surface area contributed by atoms with E-state index in [1.807, 2.05) is 30.3 Å². The summed E-state index contributed by atoms with van der Waals surface area (Å²) in [4.78, 5) is 0. The van der Waals surface area contributed by atoms with Crippen LogP contribution in [0.2, 0.25) is 0 Å². The van der Waals surface area contributed by atoms with Gasteiger partial charge in [-0.3, -0.25) is 0 Å². The summed E-state index contributed by atoms with van der Waals surface area (Å²) in [6, 6.07) is 45.9. The molecule has 214 valence electrons. The first-order chi connectivity index (χ1) is 20.6. The second kappa shape index (κ2) is 14.5. The van der Waals surface area contributed by atoms with Gasteiger partial charge in [-0.25, -0.2) is 0 Å². The third-order valence-corrected chi connectivity index (χ3v) is 7.84. The Balaban J connectivity index is 1.34. The third-order valence-electron chi connectivity index (χ3n) is 7.84. The number of benzene rings is 5. The summed E-state index contributed by atoms with van der Waals surface area (Å²) in [5.74, 6) is 2.20. The van der Waals surface area contributed by atoms with Gasteiger partial charge in [0.1, 0.15) is 18.1 Å². The molecule has 5 aromatic rings. The minimum absolute atomic E-state index is 0.0249. The zero-order valence-corrected chi connectivity index (χ0v) is 24.8. The maximum Gasteiger partial charge on any atom is 0.206 e. The van der Waals surface area contributed by atoms with Crippen molar-refractivity contribution in [2.75, 3.05) is 13.2 Å². The summed E-state index contributed by atoms with van der Waals surface area (Å²) < 4.78 is 19.4. The van der Waals surface area contributed by atoms with Crippen molar-refractivity contribution in [3.63, 3.8) is 0 Å². The Labute approximate surface area is 250 Å². The van der Waals surface area contributed by atoms with Crippen LogP contribution in [-0.2, 0) is 4.74 Å². The number of hydrogen-bond donors (Lipinski definition) is 0. The highest BCUT2D eigenvalue weighted by Gasteiger charge is 2.22. The molecule has 5 rings (SSSR count). The Hall–Kier alpha value is -4.34. The highest BCUT2D eigenvalue weighted by atomic mass is 16.7. The molecule has 0 N–H and O–H groups in total. The molecular formula is C39H40O3. The van der Waals surface area contributed by atoms with Gasteiger partial charge in [0.05, 0.1) is 6.61 Å². The van der Waals surface area contributed by atoms with Crippen molar-refractivity contribution in [3.8, 4) is 33.8 Å². The van der Waals surface area contributed by atoms with Crippen molar-refractivity contribution in [2.45, 2.75) is 45.3 Å². The molecule has 42 heavy (non-hydrogen) atoms. The summed E-state index contributed by atoms with van der Waals surface area (Å²) in [5.41, 5.74) is 6.84. The normalized spacial score (nSPS) is 13.2. The second-order valence-corrected chi connectivity index (χ2v) is 10.7. The van der Waals surface area contributed by atoms with E-state index in [4.69, 9.17) is 14.2 Å². The number of hydrogen-bond acceptors (Lipinski definition) is 3. The minimum Gasteiger partial charge on any atom is -0.490 e. The highest BCUT2D eigenvalue weighted by molar-refractivity contribution is 5.82. The predicted octanol–water partition coefficient (Wildman–Crippen LogP) is 10.1. The van der Waals surface area contributed by atoms with E-state index in [1.165, 1.54) is 11.1 Å². The molecule has 5 aromatic carbocycles. The van der Waals surface area contributed by atoms with Crippen LogP contribution in [0.1, 0.15) is 50.2 Å². The van der Waals surface area contributed by atoms with Crippen LogP contribution in [0.3, 0.4) is 0 Å². The van der Waals surface area contributed by atoms with E-state index in [-0.39, 0.29) is 5.92 Å². The number of ether oxygens (including phenoxy) is 3. The van der Waals surface area contributed by atoms with Gasteiger partial charge < -0.3 is 14.2 Å². The minimum atomic E-state index is -0.469. The van der Waals surface area contributed by atoms with Crippen LogP contribution in [-0.4, -0.2) is 19.5 Å². The van der Waals surface area contributed by atoms with Gasteiger partial charge in [0.15, 0.2) is 0 Å². The van der Waals surface area contributed by atoms with Crippen LogP contribution in [0.15, 0.2) is 133 Å². The smallest absolute Gasteiger partial charge is 0.206 e. The zero-order chi connectivity index (χ0) is 29.1. The van der Waals surface area contributed by atoms with Gasteiger partial charge in [0, 0.05) is 17.0 Å². The van der Waals surface area contributed by atoms with E-state index in [0.717, 1.165) is 40.2 Å². The van der Waals surface area contributed by atoms with Crippen LogP contribution >= 0.6 is 0 Å². The molecular weight excluding hydrogens is 516 g/mol. The monoisotopic (exact) mass is 556 g/mol. The molecule has 0 heterocycles. The largest absolute Gasteiger partial charge is 0.490 e. The molecule has 0 saturated heterocycles. The molecule has 3 nitrogen and oxygen atoms in total. The fourth-order valence-corrected chi connectivity index (χ4v) is 5.13. The molecule has 0 radical (unpaired) electrons. The molecule has 0 saturated carbocycles. The molecule has 0 aromatic heterocycles. The van der Waals surface area contributed by atoms with Crippen molar-refractivity contribution >= 4 is 0 Å². The molecule has 0 aliphatic carbocycles. The lowest BCUT2D eigenvalue weighted by Crippen LogP contribution is -2.29. The number of para-hydroxylation sites is 1. The molecule has 0 aliphatic rings. The van der Waals surface area contributed by atoms with Gasteiger partial charge in [-0.1, -0.05) is 142 Å². The molecule has 3 atom stereocenters. The van der Waals surface area contributed by atoms with Gasteiger partial charge in [0.2, 0.25) is 6.29 Å². The van der Waals surface area contributed by atoms with Crippen molar-refractivity contribution in [2.24, 2.45) is 0 Å². The lowest BCUT2D eigenvalue weighted by Gasteiger charge is -2.26. The molecule has 0 aliphatic heterocycles. The predicted molar refractivity (Wildman–Crippen MR) is 173 cm³/mol. The lowest BCUT2D eigenvalue weighted by atomic mass is 9.97. The fraction of sp³-hybridized carbons (Fsp3) is 0.231. The zero-order valence-electron chi connectivity index (χ0n) is 24.8. The van der Waals surface area contributed by atoms with Crippen LogP contribution < -0.4 is 9.47 Å². The molecule has 3 heteroatoms. The van der Waals surface area contributed by atoms with E-state index in [2.05, 4.69) is 124 Å². The van der Waals surface area contributed by atoms with Gasteiger partial charge in [-0.05, 0) is 46.7 Å². The SMILES string of the molecule is CCC(C)c1ccc(OC(OCCOc2c(-c3ccccc3)cccc2-c2ccccc2)C(C)c2ccccc2)cc1. The first-order valence-electron chi connectivity index (χ1n) is 14.9. The van der Waals surface area contributed by atoms with Crippen molar-refractivity contribution in [1.29, 1.82) is 0 Å². The average molecular weight is 557 g/mol. The second-order valence-electron chi connectivity index (χ2n) is 10.7. The van der Waals surface area contributed by atoms with E-state index >= 15 is 0 Å². The third kappa shape index (κ3) is 7.29. The van der Waals surface area contributed by atoms with E-state index in [9.17, 15) is 0 Å². The first-order valence-corrected chi connectivity index (χ1v) is 14.9. The van der Waals surface area contributed by atoms with E-state index in [1.54, 1.807) is 0 Å². The Morgan fingerprint density at radius 3 is 1.64 bits per heavy atom. The van der Waals surface area contributed by atoms with Crippen LogP contribution in [0.4, 0.5) is 0 Å². The maximum absolute atomic E-state index is 6.54. The summed E-state index contributed by atoms with van der Waals surface area (Å²) in [7, 11) is 0. The van der Waals surface area contributed by atoms with Crippen LogP contribution in [0, 0.1) is 0 Å². The highest BCUT2D eigenvalue weighted by Crippen LogP contribution is 2.39. The first kappa shape index (κ1) is 29.2. The molecule has 0 amide bonds. The Kier molecular flexibility index (Phi) is 10.1. The lowest BCUT2D eigenvalue weighted by molar-refractivity contribution is -0.0993. The van der Waals surface area contributed by atoms with Crippen LogP contribution in [0.25, 0.3) is 22.3 Å². The summed E-state index contributed by atoms with van der Waals surface area (Å²) in [6.45, 7) is 7.37. The molecule has 0 bridgehead atoms. The van der Waals surface area contributed by atoms with Gasteiger partial charge in [-0.15, -0.1) is 0 Å². The average Bonchev–Trinajstić information content (AvgIpc) is 3.07. The van der Waals surface area contributed by atoms with Gasteiger partial charge >= 0.3 is 0 Å². The van der Waals surface area contributed by atoms with Gasteiger partial charge in [0.25, 0.3) is 0 Å². The van der Waals surface area contributed by atoms with Crippen molar-refractivity contribution in [3.05, 3.63) is 145 Å². The number of rotatable bonds is 13. The summed E-state index contributed by atoms with van der Waals surface area (Å²) in [5, 5.41) is 0. The standard InChI is InChI=1S/C39H40O3/c1-4-29(2)31-23-25-35(26-24-31)42-39(30(3)32-15-8-5-9-16-32)41-28-27-40-38-36(33-17-10-6-11-18-33)21-14-22-37(38)34-19-12-7-13-20-34/h5-26,29-30,39H,4,27-28H2,1-3H3.